The van der Waals surface area contributed by atoms with Crippen molar-refractivity contribution in [3.63, 3.8) is 0 Å². The Bertz CT molecular complexity index is 1670. The number of unbranched alkanes of at least 4 members (excludes halogenated alkanes) is 28. The summed E-state index contributed by atoms with van der Waals surface area (Å²) in [5.41, 5.74) is 0. The van der Waals surface area contributed by atoms with Crippen LogP contribution in [0.3, 0.4) is 0 Å². The van der Waals surface area contributed by atoms with Crippen LogP contribution in [0.5, 0.6) is 0 Å². The van der Waals surface area contributed by atoms with Crippen molar-refractivity contribution in [1.29, 1.82) is 0 Å². The molecule has 456 valence electrons. The molecule has 0 aliphatic carbocycles. The first-order valence-electron chi connectivity index (χ1n) is 32.5. The van der Waals surface area contributed by atoms with Crippen LogP contribution in [0.15, 0.2) is 97.2 Å². The molecule has 1 amide bonds. The zero-order valence-corrected chi connectivity index (χ0v) is 52.9. The number of quaternary nitrogens is 1. The van der Waals surface area contributed by atoms with Gasteiger partial charge in [-0.05, 0) is 102 Å². The second kappa shape index (κ2) is 58.1. The largest absolute Gasteiger partial charge is 0.756 e. The van der Waals surface area contributed by atoms with Gasteiger partial charge in [-0.2, -0.15) is 0 Å². The first-order chi connectivity index (χ1) is 38.4. The summed E-state index contributed by atoms with van der Waals surface area (Å²) in [6.45, 7) is 6.67. The first kappa shape index (κ1) is 75.9. The van der Waals surface area contributed by atoms with Crippen LogP contribution < -0.4 is 10.2 Å². The van der Waals surface area contributed by atoms with Gasteiger partial charge in [-0.25, -0.2) is 0 Å². The quantitative estimate of drug-likeness (QED) is 0.0212. The van der Waals surface area contributed by atoms with Crippen molar-refractivity contribution < 1.29 is 37.3 Å². The molecule has 9 nitrogen and oxygen atoms in total. The average molecular weight is 1120 g/mol. The number of ether oxygens (including phenoxy) is 1. The fourth-order valence-corrected chi connectivity index (χ4v) is 9.72. The predicted molar refractivity (Wildman–Crippen MR) is 339 cm³/mol. The molecule has 0 aromatic carbocycles. The number of amides is 1. The van der Waals surface area contributed by atoms with E-state index in [0.717, 1.165) is 83.5 Å². The number of allylic oxidation sites excluding steroid dienone is 15. The average Bonchev–Trinajstić information content (AvgIpc) is 3.41. The Labute approximate surface area is 488 Å². The van der Waals surface area contributed by atoms with Gasteiger partial charge >= 0.3 is 5.97 Å². The van der Waals surface area contributed by atoms with E-state index in [1.165, 1.54) is 154 Å². The monoisotopic (exact) mass is 1120 g/mol. The minimum atomic E-state index is -4.72. The van der Waals surface area contributed by atoms with Gasteiger partial charge < -0.3 is 28.5 Å². The fraction of sp³-hybridized carbons (Fsp3) is 0.739. The predicted octanol–water partition coefficient (Wildman–Crippen LogP) is 19.7. The summed E-state index contributed by atoms with van der Waals surface area (Å²) in [5.74, 6) is -0.609. The smallest absolute Gasteiger partial charge is 0.306 e. The molecule has 0 fully saturated rings. The number of phosphoric ester groups is 1. The number of carbonyl (C=O) groups is 2. The second-order valence-corrected chi connectivity index (χ2v) is 24.3. The van der Waals surface area contributed by atoms with E-state index in [4.69, 9.17) is 13.8 Å². The van der Waals surface area contributed by atoms with Crippen LogP contribution >= 0.6 is 7.82 Å². The summed E-state index contributed by atoms with van der Waals surface area (Å²) >= 11 is 0. The molecule has 0 bridgehead atoms. The van der Waals surface area contributed by atoms with Crippen molar-refractivity contribution in [2.45, 2.75) is 290 Å². The van der Waals surface area contributed by atoms with Gasteiger partial charge in [0.15, 0.2) is 0 Å². The van der Waals surface area contributed by atoms with Crippen molar-refractivity contribution in [3.8, 4) is 0 Å². The van der Waals surface area contributed by atoms with E-state index in [0.29, 0.717) is 17.4 Å². The zero-order valence-electron chi connectivity index (χ0n) is 52.1. The first-order valence-corrected chi connectivity index (χ1v) is 34.0. The fourth-order valence-electron chi connectivity index (χ4n) is 9.00. The highest BCUT2D eigenvalue weighted by Crippen LogP contribution is 2.38. The molecule has 1 N–H and O–H groups in total. The third kappa shape index (κ3) is 59.4. The Kier molecular flexibility index (Phi) is 55.9. The van der Waals surface area contributed by atoms with Gasteiger partial charge in [0.05, 0.1) is 33.8 Å². The number of hydrogen-bond acceptors (Lipinski definition) is 7. The van der Waals surface area contributed by atoms with Crippen molar-refractivity contribution in [2.75, 3.05) is 40.9 Å². The highest BCUT2D eigenvalue weighted by Gasteiger charge is 2.27. The Balaban J connectivity index is 5.26. The molecule has 0 saturated carbocycles. The van der Waals surface area contributed by atoms with E-state index >= 15 is 0 Å². The Hall–Kier alpha value is -3.07. The topological polar surface area (TPSA) is 114 Å². The summed E-state index contributed by atoms with van der Waals surface area (Å²) in [7, 11) is 1.14. The molecule has 10 heteroatoms. The van der Waals surface area contributed by atoms with E-state index in [1.54, 1.807) is 0 Å². The van der Waals surface area contributed by atoms with Crippen LogP contribution in [0.1, 0.15) is 278 Å². The van der Waals surface area contributed by atoms with Crippen LogP contribution in [0, 0.1) is 0 Å². The number of phosphoric acid groups is 1. The zero-order chi connectivity index (χ0) is 57.9. The Morgan fingerprint density at radius 3 is 1.27 bits per heavy atom. The molecular weight excluding hydrogens is 1000 g/mol. The molecular formula is C69H123N2O7P. The molecule has 0 aliphatic rings. The van der Waals surface area contributed by atoms with E-state index in [1.807, 2.05) is 33.3 Å². The van der Waals surface area contributed by atoms with E-state index in [2.05, 4.69) is 111 Å². The number of hydrogen-bond donors (Lipinski definition) is 1. The summed E-state index contributed by atoms with van der Waals surface area (Å²) in [5, 5.41) is 3.00. The van der Waals surface area contributed by atoms with Gasteiger partial charge in [0, 0.05) is 12.8 Å². The lowest BCUT2D eigenvalue weighted by Gasteiger charge is -2.30. The number of esters is 1. The molecule has 3 atom stereocenters. The van der Waals surface area contributed by atoms with E-state index < -0.39 is 26.6 Å². The molecule has 0 saturated heterocycles. The summed E-state index contributed by atoms with van der Waals surface area (Å²) in [6, 6.07) is -0.923. The summed E-state index contributed by atoms with van der Waals surface area (Å²) in [4.78, 5) is 40.0. The summed E-state index contributed by atoms with van der Waals surface area (Å²) in [6.07, 6.45) is 78.2. The maximum atomic E-state index is 13.5. The molecule has 0 aromatic heterocycles. The number of likely N-dealkylation sites (N-methyl/N-ethyl adjacent to an activating group) is 1. The summed E-state index contributed by atoms with van der Waals surface area (Å²) < 4.78 is 30.3. The Morgan fingerprint density at radius 1 is 0.456 bits per heavy atom. The molecule has 0 heterocycles. The molecule has 0 spiro atoms. The number of nitrogens with one attached hydrogen (secondary N) is 1. The minimum absolute atomic E-state index is 0.0366. The lowest BCUT2D eigenvalue weighted by atomic mass is 10.0. The maximum absolute atomic E-state index is 13.5. The van der Waals surface area contributed by atoms with Crippen molar-refractivity contribution in [1.82, 2.24) is 5.32 Å². The molecule has 0 aromatic rings. The van der Waals surface area contributed by atoms with Gasteiger partial charge in [0.1, 0.15) is 19.3 Å². The Morgan fingerprint density at radius 2 is 0.823 bits per heavy atom. The van der Waals surface area contributed by atoms with Crippen LogP contribution in [0.2, 0.25) is 0 Å². The van der Waals surface area contributed by atoms with Gasteiger partial charge in [-0.3, -0.25) is 14.2 Å². The maximum Gasteiger partial charge on any atom is 0.306 e. The third-order valence-electron chi connectivity index (χ3n) is 14.0. The highest BCUT2D eigenvalue weighted by atomic mass is 31.2. The SMILES string of the molecule is CC/C=C\C/C=C\C/C=C\C/C=C\C/C=C\CCCC(=O)NC(COP(=O)([O-])OCC[N+](C)(C)C)C(/C=C\CCCCCCCCCCCCC)OC(=O)CCCCCCCCCCCCCCC/C=C\C/C=C\CCCCC. The lowest BCUT2D eigenvalue weighted by molar-refractivity contribution is -0.870. The molecule has 0 radical (unpaired) electrons. The number of nitrogens with zero attached hydrogens (tertiary/aromatic N) is 1. The van der Waals surface area contributed by atoms with Crippen molar-refractivity contribution in [3.05, 3.63) is 97.2 Å². The van der Waals surface area contributed by atoms with Crippen LogP contribution in [-0.4, -0.2) is 69.4 Å². The number of rotatable bonds is 58. The molecule has 0 aliphatic heterocycles. The van der Waals surface area contributed by atoms with Gasteiger partial charge in [0.25, 0.3) is 7.82 Å². The van der Waals surface area contributed by atoms with Gasteiger partial charge in [-0.1, -0.05) is 260 Å². The van der Waals surface area contributed by atoms with E-state index in [-0.39, 0.29) is 31.3 Å². The number of carbonyl (C=O) groups excluding carboxylic acids is 2. The highest BCUT2D eigenvalue weighted by molar-refractivity contribution is 7.45. The normalized spacial score (nSPS) is 14.3. The van der Waals surface area contributed by atoms with Crippen LogP contribution in [0.25, 0.3) is 0 Å². The lowest BCUT2D eigenvalue weighted by Crippen LogP contribution is -2.47. The van der Waals surface area contributed by atoms with Crippen molar-refractivity contribution >= 4 is 19.7 Å². The minimum Gasteiger partial charge on any atom is -0.756 e. The third-order valence-corrected chi connectivity index (χ3v) is 15.0. The van der Waals surface area contributed by atoms with Crippen LogP contribution in [0.4, 0.5) is 0 Å². The van der Waals surface area contributed by atoms with Gasteiger partial charge in [0.2, 0.25) is 5.91 Å². The standard InChI is InChI=1S/C69H123N2O7P/c1-7-10-13-16-19-22-25-28-30-32-33-34-35-36-37-39-41-44-47-50-53-56-59-62-69(73)78-67(60-57-54-51-48-45-42-27-24-21-18-15-12-9-3)66(65-77-79(74,75)76-64-63-71(4,5)6)70-68(72)61-58-55-52-49-46-43-40-38-31-29-26-23-20-17-14-11-8-2/h11,14,19-20,22-23,28-31,40,43,49,52,57,60,66-67H,7-10,12-13,15-18,21,24-27,32-39,41-42,44-48,50-51,53-56,58-59,61-65H2,1-6H3,(H-,70,72,74,75)/b14-11-,22-19-,23-20-,30-28-,31-29-,43-40-,52-49-,60-57-. The van der Waals surface area contributed by atoms with Crippen molar-refractivity contribution in [2.24, 2.45) is 0 Å². The molecule has 0 rings (SSSR count). The van der Waals surface area contributed by atoms with E-state index in [9.17, 15) is 19.0 Å². The molecule has 3 unspecified atom stereocenters. The van der Waals surface area contributed by atoms with Crippen LogP contribution in [-0.2, 0) is 27.9 Å². The van der Waals surface area contributed by atoms with Gasteiger partial charge in [-0.15, -0.1) is 0 Å². The second-order valence-electron chi connectivity index (χ2n) is 22.9. The molecule has 79 heavy (non-hydrogen) atoms.